The second-order valence-corrected chi connectivity index (χ2v) is 4.44. The van der Waals surface area contributed by atoms with Crippen LogP contribution in [0.3, 0.4) is 0 Å². The predicted molar refractivity (Wildman–Crippen MR) is 67.0 cm³/mol. The fraction of sp³-hybridized carbons (Fsp3) is 0.538. The lowest BCUT2D eigenvalue weighted by Crippen LogP contribution is -2.42. The van der Waals surface area contributed by atoms with E-state index in [1.54, 1.807) is 7.11 Å². The van der Waals surface area contributed by atoms with Crippen molar-refractivity contribution in [3.63, 3.8) is 0 Å². The first-order valence-electron chi connectivity index (χ1n) is 5.85. The van der Waals surface area contributed by atoms with Gasteiger partial charge in [0, 0.05) is 19.1 Å². The number of ether oxygens (including phenoxy) is 1. The van der Waals surface area contributed by atoms with Crippen LogP contribution >= 0.6 is 0 Å². The number of nitrogens with zero attached hydrogens (tertiary/aromatic N) is 1. The van der Waals surface area contributed by atoms with Crippen molar-refractivity contribution in [1.29, 1.82) is 0 Å². The summed E-state index contributed by atoms with van der Waals surface area (Å²) in [5.74, 6) is 0.920. The molecule has 0 amide bonds. The third-order valence-corrected chi connectivity index (χ3v) is 3.49. The van der Waals surface area contributed by atoms with Crippen LogP contribution in [0.5, 0.6) is 5.75 Å². The molecule has 0 spiro atoms. The van der Waals surface area contributed by atoms with E-state index in [2.05, 4.69) is 18.0 Å². The third kappa shape index (κ3) is 2.00. The predicted octanol–water partition coefficient (Wildman–Crippen LogP) is 2.01. The number of rotatable bonds is 3. The Labute approximate surface area is 97.2 Å². The van der Waals surface area contributed by atoms with Gasteiger partial charge in [0.1, 0.15) is 5.75 Å². The highest BCUT2D eigenvalue weighted by molar-refractivity contribution is 5.58. The summed E-state index contributed by atoms with van der Waals surface area (Å²) in [5, 5.41) is 0. The molecular weight excluding hydrogens is 200 g/mol. The van der Waals surface area contributed by atoms with Gasteiger partial charge in [-0.05, 0) is 31.4 Å². The first-order valence-corrected chi connectivity index (χ1v) is 5.85. The summed E-state index contributed by atoms with van der Waals surface area (Å²) < 4.78 is 5.38. The van der Waals surface area contributed by atoms with Crippen LogP contribution in [0.25, 0.3) is 0 Å². The number of benzene rings is 1. The molecule has 2 N–H and O–H groups in total. The van der Waals surface area contributed by atoms with Crippen molar-refractivity contribution < 1.29 is 4.74 Å². The maximum absolute atomic E-state index is 6.13. The summed E-state index contributed by atoms with van der Waals surface area (Å²) in [6.45, 7) is 0. The number of nitrogens with two attached hydrogens (primary N) is 1. The molecule has 2 unspecified atom stereocenters. The molecule has 0 bridgehead atoms. The maximum atomic E-state index is 6.13. The molecule has 16 heavy (non-hydrogen) atoms. The van der Waals surface area contributed by atoms with Crippen LogP contribution in [0.2, 0.25) is 0 Å². The molecule has 1 aromatic carbocycles. The van der Waals surface area contributed by atoms with Crippen molar-refractivity contribution in [3.05, 3.63) is 24.3 Å². The molecule has 3 heteroatoms. The van der Waals surface area contributed by atoms with Gasteiger partial charge >= 0.3 is 0 Å². The maximum Gasteiger partial charge on any atom is 0.142 e. The van der Waals surface area contributed by atoms with E-state index >= 15 is 0 Å². The molecule has 88 valence electrons. The van der Waals surface area contributed by atoms with Gasteiger partial charge in [0.25, 0.3) is 0 Å². The topological polar surface area (TPSA) is 38.5 Å². The molecule has 1 aromatic rings. The van der Waals surface area contributed by atoms with Crippen LogP contribution in [-0.4, -0.2) is 26.2 Å². The average Bonchev–Trinajstić information content (AvgIpc) is 2.74. The standard InChI is InChI=1S/C13H20N2O/c1-15(11-8-5-6-10(11)14)12-7-3-4-9-13(12)16-2/h3-4,7,9-11H,5-6,8,14H2,1-2H3. The minimum atomic E-state index is 0.287. The lowest BCUT2D eigenvalue weighted by molar-refractivity contribution is 0.412. The highest BCUT2D eigenvalue weighted by Gasteiger charge is 2.28. The molecule has 2 atom stereocenters. The van der Waals surface area contributed by atoms with E-state index in [1.807, 2.05) is 18.2 Å². The van der Waals surface area contributed by atoms with Crippen molar-refractivity contribution in [2.45, 2.75) is 31.3 Å². The highest BCUT2D eigenvalue weighted by Crippen LogP contribution is 2.32. The fourth-order valence-corrected chi connectivity index (χ4v) is 2.55. The van der Waals surface area contributed by atoms with Crippen molar-refractivity contribution in [3.8, 4) is 5.75 Å². The van der Waals surface area contributed by atoms with Gasteiger partial charge in [0.05, 0.1) is 12.8 Å². The number of para-hydroxylation sites is 2. The minimum Gasteiger partial charge on any atom is -0.495 e. The molecule has 1 saturated carbocycles. The Bertz CT molecular complexity index is 354. The molecule has 0 heterocycles. The molecule has 2 rings (SSSR count). The van der Waals surface area contributed by atoms with Gasteiger partial charge in [-0.2, -0.15) is 0 Å². The van der Waals surface area contributed by atoms with E-state index in [1.165, 1.54) is 12.8 Å². The Morgan fingerprint density at radius 2 is 2.06 bits per heavy atom. The number of hydrogen-bond donors (Lipinski definition) is 1. The fourth-order valence-electron chi connectivity index (χ4n) is 2.55. The Hall–Kier alpha value is -1.22. The van der Waals surface area contributed by atoms with Crippen molar-refractivity contribution in [1.82, 2.24) is 0 Å². The summed E-state index contributed by atoms with van der Waals surface area (Å²) in [5.41, 5.74) is 7.26. The van der Waals surface area contributed by atoms with Gasteiger partial charge in [0.2, 0.25) is 0 Å². The molecule has 1 aliphatic rings. The van der Waals surface area contributed by atoms with Crippen LogP contribution in [0, 0.1) is 0 Å². The summed E-state index contributed by atoms with van der Waals surface area (Å²) in [6.07, 6.45) is 3.53. The SMILES string of the molecule is COc1ccccc1N(C)C1CCCC1N. The number of methoxy groups -OCH3 is 1. The number of hydrogen-bond acceptors (Lipinski definition) is 3. The quantitative estimate of drug-likeness (QED) is 0.847. The third-order valence-electron chi connectivity index (χ3n) is 3.49. The monoisotopic (exact) mass is 220 g/mol. The average molecular weight is 220 g/mol. The summed E-state index contributed by atoms with van der Waals surface area (Å²) >= 11 is 0. The van der Waals surface area contributed by atoms with Gasteiger partial charge in [-0.25, -0.2) is 0 Å². The lowest BCUT2D eigenvalue weighted by atomic mass is 10.1. The van der Waals surface area contributed by atoms with Gasteiger partial charge in [-0.3, -0.25) is 0 Å². The van der Waals surface area contributed by atoms with Crippen molar-refractivity contribution >= 4 is 5.69 Å². The molecular formula is C13H20N2O. The molecule has 1 aliphatic carbocycles. The first-order chi connectivity index (χ1) is 7.74. The minimum absolute atomic E-state index is 0.287. The Morgan fingerprint density at radius 3 is 2.69 bits per heavy atom. The van der Waals surface area contributed by atoms with Crippen LogP contribution in [0.1, 0.15) is 19.3 Å². The Balaban J connectivity index is 2.22. The summed E-state index contributed by atoms with van der Waals surface area (Å²) in [7, 11) is 3.81. The lowest BCUT2D eigenvalue weighted by Gasteiger charge is -2.30. The summed E-state index contributed by atoms with van der Waals surface area (Å²) in [6, 6.07) is 8.83. The molecule has 0 aromatic heterocycles. The normalized spacial score (nSPS) is 24.4. The first kappa shape index (κ1) is 11.3. The molecule has 0 radical (unpaired) electrons. The van der Waals surface area contributed by atoms with E-state index in [0.717, 1.165) is 17.9 Å². The Kier molecular flexibility index (Phi) is 3.34. The second kappa shape index (κ2) is 4.74. The van der Waals surface area contributed by atoms with E-state index < -0.39 is 0 Å². The molecule has 3 nitrogen and oxygen atoms in total. The second-order valence-electron chi connectivity index (χ2n) is 4.44. The largest absolute Gasteiger partial charge is 0.495 e. The van der Waals surface area contributed by atoms with Gasteiger partial charge < -0.3 is 15.4 Å². The van der Waals surface area contributed by atoms with Crippen LogP contribution in [-0.2, 0) is 0 Å². The zero-order chi connectivity index (χ0) is 11.5. The van der Waals surface area contributed by atoms with Gasteiger partial charge in [-0.15, -0.1) is 0 Å². The van der Waals surface area contributed by atoms with Gasteiger partial charge in [0.15, 0.2) is 0 Å². The number of likely N-dealkylation sites (N-methyl/N-ethyl adjacent to an activating group) is 1. The molecule has 0 saturated heterocycles. The van der Waals surface area contributed by atoms with E-state index in [9.17, 15) is 0 Å². The van der Waals surface area contributed by atoms with Crippen molar-refractivity contribution in [2.24, 2.45) is 5.73 Å². The summed E-state index contributed by atoms with van der Waals surface area (Å²) in [4.78, 5) is 2.26. The smallest absolute Gasteiger partial charge is 0.142 e. The van der Waals surface area contributed by atoms with Crippen LogP contribution < -0.4 is 15.4 Å². The van der Waals surface area contributed by atoms with Gasteiger partial charge in [-0.1, -0.05) is 12.1 Å². The van der Waals surface area contributed by atoms with E-state index in [0.29, 0.717) is 6.04 Å². The van der Waals surface area contributed by atoms with Crippen LogP contribution in [0.15, 0.2) is 24.3 Å². The zero-order valence-electron chi connectivity index (χ0n) is 10.0. The van der Waals surface area contributed by atoms with Crippen molar-refractivity contribution in [2.75, 3.05) is 19.1 Å². The highest BCUT2D eigenvalue weighted by atomic mass is 16.5. The van der Waals surface area contributed by atoms with E-state index in [-0.39, 0.29) is 6.04 Å². The molecule has 1 fully saturated rings. The van der Waals surface area contributed by atoms with E-state index in [4.69, 9.17) is 10.5 Å². The Morgan fingerprint density at radius 1 is 1.31 bits per heavy atom. The zero-order valence-corrected chi connectivity index (χ0v) is 10.0. The van der Waals surface area contributed by atoms with Crippen LogP contribution in [0.4, 0.5) is 5.69 Å². The number of anilines is 1. The molecule has 0 aliphatic heterocycles.